The van der Waals surface area contributed by atoms with E-state index in [2.05, 4.69) is 14.8 Å². The molecule has 6 nitrogen and oxygen atoms in total. The van der Waals surface area contributed by atoms with Crippen molar-refractivity contribution in [3.63, 3.8) is 0 Å². The molecule has 0 aromatic heterocycles. The Hall–Kier alpha value is -2.50. The molecule has 0 bridgehead atoms. The molecule has 1 N–H and O–H groups in total. The number of allylic oxidation sites excluding steroid dienone is 1. The summed E-state index contributed by atoms with van der Waals surface area (Å²) in [5.74, 6) is 0.467. The predicted octanol–water partition coefficient (Wildman–Crippen LogP) is 2.99. The van der Waals surface area contributed by atoms with Gasteiger partial charge in [-0.25, -0.2) is 4.79 Å². The maximum atomic E-state index is 11.6. The monoisotopic (exact) mass is 321 g/mol. The van der Waals surface area contributed by atoms with Crippen molar-refractivity contribution in [2.75, 3.05) is 21.3 Å². The Balaban J connectivity index is 2.91. The van der Waals surface area contributed by atoms with E-state index in [1.807, 2.05) is 37.3 Å². The highest BCUT2D eigenvalue weighted by molar-refractivity contribution is 5.69. The highest BCUT2D eigenvalue weighted by Gasteiger charge is 2.17. The van der Waals surface area contributed by atoms with E-state index >= 15 is 0 Å². The van der Waals surface area contributed by atoms with E-state index in [1.165, 1.54) is 14.2 Å². The van der Waals surface area contributed by atoms with Gasteiger partial charge in [0.2, 0.25) is 0 Å². The van der Waals surface area contributed by atoms with E-state index in [1.54, 1.807) is 7.11 Å². The summed E-state index contributed by atoms with van der Waals surface area (Å²) < 4.78 is 14.4. The molecule has 1 amide bonds. The summed E-state index contributed by atoms with van der Waals surface area (Å²) in [5.41, 5.74) is 1.80. The Morgan fingerprint density at radius 2 is 1.78 bits per heavy atom. The summed E-state index contributed by atoms with van der Waals surface area (Å²) in [6.45, 7) is 1.89. The number of rotatable bonds is 7. The molecule has 1 aromatic carbocycles. The molecular weight excluding hydrogens is 298 g/mol. The first-order valence-corrected chi connectivity index (χ1v) is 7.23. The average Bonchev–Trinajstić information content (AvgIpc) is 2.59. The van der Waals surface area contributed by atoms with Crippen molar-refractivity contribution in [1.82, 2.24) is 5.32 Å². The van der Waals surface area contributed by atoms with Crippen LogP contribution in [0.25, 0.3) is 0 Å². The van der Waals surface area contributed by atoms with E-state index in [-0.39, 0.29) is 12.0 Å². The molecule has 1 rings (SSSR count). The van der Waals surface area contributed by atoms with Crippen LogP contribution in [0.3, 0.4) is 0 Å². The van der Waals surface area contributed by atoms with Gasteiger partial charge in [0.25, 0.3) is 0 Å². The molecule has 0 aliphatic carbocycles. The number of carbonyl (C=O) groups is 2. The largest absolute Gasteiger partial charge is 0.497 e. The van der Waals surface area contributed by atoms with Gasteiger partial charge in [-0.15, -0.1) is 0 Å². The SMILES string of the molecule is COC(=O)CC/C=C(\C)C(NC(=O)OC)c1ccc(OC)cc1. The lowest BCUT2D eigenvalue weighted by Gasteiger charge is -2.20. The molecule has 0 aliphatic heterocycles. The maximum absolute atomic E-state index is 11.6. The number of methoxy groups -OCH3 is 3. The van der Waals surface area contributed by atoms with Gasteiger partial charge >= 0.3 is 12.1 Å². The predicted molar refractivity (Wildman–Crippen MR) is 86.3 cm³/mol. The van der Waals surface area contributed by atoms with Gasteiger partial charge in [-0.2, -0.15) is 0 Å². The number of nitrogens with one attached hydrogen (secondary N) is 1. The van der Waals surface area contributed by atoms with Gasteiger partial charge in [0, 0.05) is 6.42 Å². The van der Waals surface area contributed by atoms with Gasteiger partial charge in [-0.1, -0.05) is 23.8 Å². The van der Waals surface area contributed by atoms with Crippen LogP contribution in [0.15, 0.2) is 35.9 Å². The smallest absolute Gasteiger partial charge is 0.407 e. The number of ether oxygens (including phenoxy) is 3. The molecule has 1 aromatic rings. The van der Waals surface area contributed by atoms with Crippen molar-refractivity contribution in [3.05, 3.63) is 41.5 Å². The molecule has 23 heavy (non-hydrogen) atoms. The normalized spacial score (nSPS) is 12.3. The minimum atomic E-state index is -0.522. The summed E-state index contributed by atoms with van der Waals surface area (Å²) >= 11 is 0. The van der Waals surface area contributed by atoms with E-state index < -0.39 is 6.09 Å². The van der Waals surface area contributed by atoms with E-state index in [9.17, 15) is 9.59 Å². The van der Waals surface area contributed by atoms with Crippen LogP contribution in [0.1, 0.15) is 31.4 Å². The van der Waals surface area contributed by atoms with Crippen LogP contribution in [-0.4, -0.2) is 33.4 Å². The van der Waals surface area contributed by atoms with E-state index in [4.69, 9.17) is 4.74 Å². The Labute approximate surface area is 136 Å². The first-order valence-electron chi connectivity index (χ1n) is 7.23. The van der Waals surface area contributed by atoms with Crippen LogP contribution in [0.4, 0.5) is 4.79 Å². The highest BCUT2D eigenvalue weighted by atomic mass is 16.5. The van der Waals surface area contributed by atoms with Crippen LogP contribution >= 0.6 is 0 Å². The second kappa shape index (κ2) is 9.50. The van der Waals surface area contributed by atoms with Crippen molar-refractivity contribution in [1.29, 1.82) is 0 Å². The summed E-state index contributed by atoms with van der Waals surface area (Å²) in [5, 5.41) is 2.79. The molecule has 0 aliphatic rings. The van der Waals surface area contributed by atoms with Crippen LogP contribution < -0.4 is 10.1 Å². The van der Waals surface area contributed by atoms with Crippen LogP contribution in [-0.2, 0) is 14.3 Å². The highest BCUT2D eigenvalue weighted by Crippen LogP contribution is 2.24. The molecule has 0 saturated carbocycles. The first-order chi connectivity index (χ1) is 11.0. The zero-order valence-corrected chi connectivity index (χ0v) is 13.9. The van der Waals surface area contributed by atoms with E-state index in [0.717, 1.165) is 16.9 Å². The van der Waals surface area contributed by atoms with Gasteiger partial charge in [0.1, 0.15) is 5.75 Å². The van der Waals surface area contributed by atoms with Crippen LogP contribution in [0.2, 0.25) is 0 Å². The van der Waals surface area contributed by atoms with Crippen LogP contribution in [0.5, 0.6) is 5.75 Å². The molecule has 6 heteroatoms. The van der Waals surface area contributed by atoms with Crippen molar-refractivity contribution in [2.45, 2.75) is 25.8 Å². The number of benzene rings is 1. The Morgan fingerprint density at radius 1 is 1.13 bits per heavy atom. The molecule has 1 atom stereocenters. The number of esters is 1. The van der Waals surface area contributed by atoms with E-state index in [0.29, 0.717) is 12.8 Å². The third kappa shape index (κ3) is 6.02. The maximum Gasteiger partial charge on any atom is 0.407 e. The topological polar surface area (TPSA) is 73.9 Å². The quantitative estimate of drug-likeness (QED) is 0.617. The Bertz CT molecular complexity index is 551. The lowest BCUT2D eigenvalue weighted by Crippen LogP contribution is -2.29. The molecule has 0 radical (unpaired) electrons. The zero-order valence-electron chi connectivity index (χ0n) is 13.9. The van der Waals surface area contributed by atoms with Gasteiger partial charge in [0.05, 0.1) is 27.4 Å². The molecule has 0 fully saturated rings. The third-order valence-corrected chi connectivity index (χ3v) is 3.39. The lowest BCUT2D eigenvalue weighted by molar-refractivity contribution is -0.140. The number of amides is 1. The Kier molecular flexibility index (Phi) is 7.66. The molecule has 126 valence electrons. The average molecular weight is 321 g/mol. The second-order valence-electron chi connectivity index (χ2n) is 4.91. The number of hydrogen-bond donors (Lipinski definition) is 1. The van der Waals surface area contributed by atoms with Crippen LogP contribution in [0, 0.1) is 0 Å². The van der Waals surface area contributed by atoms with Crippen molar-refractivity contribution in [3.8, 4) is 5.75 Å². The fourth-order valence-corrected chi connectivity index (χ4v) is 2.07. The summed E-state index contributed by atoms with van der Waals surface area (Å²) in [7, 11) is 4.27. The fraction of sp³-hybridized carbons (Fsp3) is 0.412. The summed E-state index contributed by atoms with van der Waals surface area (Å²) in [6, 6.07) is 7.05. The molecule has 1 unspecified atom stereocenters. The Morgan fingerprint density at radius 3 is 2.30 bits per heavy atom. The molecule has 0 saturated heterocycles. The van der Waals surface area contributed by atoms with Gasteiger partial charge in [-0.05, 0) is 31.0 Å². The lowest BCUT2D eigenvalue weighted by atomic mass is 9.98. The minimum Gasteiger partial charge on any atom is -0.497 e. The van der Waals surface area contributed by atoms with Gasteiger partial charge < -0.3 is 19.5 Å². The number of alkyl carbamates (subject to hydrolysis) is 1. The van der Waals surface area contributed by atoms with Gasteiger partial charge in [0.15, 0.2) is 0 Å². The minimum absolute atomic E-state index is 0.268. The van der Waals surface area contributed by atoms with Crippen molar-refractivity contribution >= 4 is 12.1 Å². The third-order valence-electron chi connectivity index (χ3n) is 3.39. The number of carbonyl (C=O) groups excluding carboxylic acids is 2. The number of hydrogen-bond acceptors (Lipinski definition) is 5. The second-order valence-corrected chi connectivity index (χ2v) is 4.91. The molecule has 0 heterocycles. The standard InChI is InChI=1S/C17H23NO5/c1-12(6-5-7-15(19)22-3)16(18-17(20)23-4)13-8-10-14(21-2)11-9-13/h6,8-11,16H,5,7H2,1-4H3,(H,18,20)/b12-6+. The van der Waals surface area contributed by atoms with Crippen molar-refractivity contribution < 1.29 is 23.8 Å². The van der Waals surface area contributed by atoms with Crippen molar-refractivity contribution in [2.24, 2.45) is 0 Å². The fourth-order valence-electron chi connectivity index (χ4n) is 2.07. The summed E-state index contributed by atoms with van der Waals surface area (Å²) in [4.78, 5) is 22.8. The zero-order chi connectivity index (χ0) is 17.2. The van der Waals surface area contributed by atoms with Gasteiger partial charge in [-0.3, -0.25) is 4.79 Å². The molecule has 0 spiro atoms. The molecular formula is C17H23NO5. The first kappa shape index (κ1) is 18.5. The summed E-state index contributed by atoms with van der Waals surface area (Å²) in [6.07, 6.45) is 2.21.